The van der Waals surface area contributed by atoms with Crippen LogP contribution in [0.3, 0.4) is 0 Å². The van der Waals surface area contributed by atoms with Gasteiger partial charge in [-0.05, 0) is 116 Å². The van der Waals surface area contributed by atoms with Crippen LogP contribution in [0, 0.1) is 0 Å². The predicted molar refractivity (Wildman–Crippen MR) is 280 cm³/mol. The van der Waals surface area contributed by atoms with E-state index in [4.69, 9.17) is 18.9 Å². The normalized spacial score (nSPS) is 14.1. The number of aliphatic carboxylic acids is 1. The molecule has 0 saturated carbocycles. The summed E-state index contributed by atoms with van der Waals surface area (Å²) in [4.78, 5) is 37.3. The zero-order valence-corrected chi connectivity index (χ0v) is 42.2. The van der Waals surface area contributed by atoms with E-state index in [2.05, 4.69) is 160 Å². The minimum Gasteiger partial charge on any atom is -0.477 e. The summed E-state index contributed by atoms with van der Waals surface area (Å²) in [7, 11) is 5.91. The van der Waals surface area contributed by atoms with Gasteiger partial charge in [-0.3, -0.25) is 9.59 Å². The molecule has 0 aromatic rings. The first kappa shape index (κ1) is 62.2. The van der Waals surface area contributed by atoms with Gasteiger partial charge in [0, 0.05) is 12.8 Å². The van der Waals surface area contributed by atoms with E-state index < -0.39 is 30.3 Å². The fraction of sp³-hybridized carbons (Fsp3) is 0.534. The summed E-state index contributed by atoms with van der Waals surface area (Å²) in [5.74, 6) is -2.15. The molecule has 0 rings (SSSR count). The second kappa shape index (κ2) is 47.7. The van der Waals surface area contributed by atoms with Gasteiger partial charge < -0.3 is 28.5 Å². The van der Waals surface area contributed by atoms with Crippen LogP contribution < -0.4 is 0 Å². The fourth-order valence-electron chi connectivity index (χ4n) is 5.78. The second-order valence-corrected chi connectivity index (χ2v) is 17.0. The number of unbranched alkanes of at least 4 members (excludes halogenated alkanes) is 4. The van der Waals surface area contributed by atoms with Crippen molar-refractivity contribution in [2.45, 2.75) is 155 Å². The first-order valence-corrected chi connectivity index (χ1v) is 25.0. The number of carboxylic acids is 1. The summed E-state index contributed by atoms with van der Waals surface area (Å²) in [6.07, 6.45) is 66.3. The van der Waals surface area contributed by atoms with Crippen molar-refractivity contribution in [3.05, 3.63) is 146 Å². The minimum atomic E-state index is -1.54. The van der Waals surface area contributed by atoms with E-state index in [0.29, 0.717) is 23.9 Å². The van der Waals surface area contributed by atoms with Crippen molar-refractivity contribution in [2.24, 2.45) is 0 Å². The van der Waals surface area contributed by atoms with Crippen LogP contribution in [0.25, 0.3) is 0 Å². The quantitative estimate of drug-likeness (QED) is 0.0212. The van der Waals surface area contributed by atoms with Crippen molar-refractivity contribution in [2.75, 3.05) is 47.5 Å². The first-order chi connectivity index (χ1) is 32.6. The average molecular weight is 929 g/mol. The van der Waals surface area contributed by atoms with Crippen molar-refractivity contribution in [3.8, 4) is 0 Å². The largest absolute Gasteiger partial charge is 0.477 e. The summed E-state index contributed by atoms with van der Waals surface area (Å²) < 4.78 is 22.7. The highest BCUT2D eigenvalue weighted by Crippen LogP contribution is 2.10. The van der Waals surface area contributed by atoms with E-state index >= 15 is 0 Å². The Morgan fingerprint density at radius 2 is 0.791 bits per heavy atom. The molecule has 0 fully saturated rings. The Bertz CT molecular complexity index is 1600. The number of ether oxygens (including phenoxy) is 4. The standard InChI is InChI=1S/C58H89NO8/c1-6-8-10-12-14-16-18-20-22-24-26-28-30-32-34-36-38-40-42-44-46-48-55(60)65-52-54(53-66-58(57(62)63)64-51-50-59(3,4)5)67-56(61)49-47-45-43-41-39-37-35-33-31-29-27-25-23-21-19-17-15-13-11-9-7-2/h8-11,14-17,20-23,26-29,32-35,38-41,54,58H,6-7,12-13,18-19,24-25,30-31,36-37,42-53H2,1-5H3/p+1/b10-8-,11-9-,16-14-,17-15-,22-20-,23-21-,28-26-,29-27-,34-32-,35-33-,40-38-,41-39-. The molecule has 0 aliphatic rings. The SMILES string of the molecule is CC/C=C\C/C=C\C/C=C\C/C=C\C/C=C\C/C=C\CCCCC(=O)OCC(COC(OCC[N+](C)(C)C)C(=O)O)OC(=O)CCCC/C=C\C/C=C\C/C=C\C/C=C\C/C=C\C/C=C\CC. The molecule has 67 heavy (non-hydrogen) atoms. The van der Waals surface area contributed by atoms with Gasteiger partial charge >= 0.3 is 17.9 Å². The van der Waals surface area contributed by atoms with E-state index in [1.54, 1.807) is 0 Å². The van der Waals surface area contributed by atoms with Crippen molar-refractivity contribution >= 4 is 17.9 Å². The Morgan fingerprint density at radius 3 is 1.13 bits per heavy atom. The van der Waals surface area contributed by atoms with Crippen LogP contribution in [0.1, 0.15) is 142 Å². The molecule has 0 aliphatic carbocycles. The number of carboxylic acid groups (broad SMARTS) is 1. The lowest BCUT2D eigenvalue weighted by Gasteiger charge is -2.25. The number of carbonyl (C=O) groups excluding carboxylic acids is 2. The van der Waals surface area contributed by atoms with Gasteiger partial charge in [0.2, 0.25) is 0 Å². The number of hydrogen-bond donors (Lipinski definition) is 1. The van der Waals surface area contributed by atoms with Gasteiger partial charge in [-0.15, -0.1) is 0 Å². The highest BCUT2D eigenvalue weighted by atomic mass is 16.7. The van der Waals surface area contributed by atoms with Crippen molar-refractivity contribution < 1.29 is 42.9 Å². The molecule has 9 nitrogen and oxygen atoms in total. The predicted octanol–water partition coefficient (Wildman–Crippen LogP) is 14.1. The molecule has 1 N–H and O–H groups in total. The lowest BCUT2D eigenvalue weighted by atomic mass is 10.1. The van der Waals surface area contributed by atoms with Crippen LogP contribution in [-0.2, 0) is 33.3 Å². The Hall–Kier alpha value is -4.83. The van der Waals surface area contributed by atoms with Crippen LogP contribution in [-0.4, -0.2) is 87.4 Å². The molecule has 0 saturated heterocycles. The van der Waals surface area contributed by atoms with Crippen LogP contribution >= 0.6 is 0 Å². The number of allylic oxidation sites excluding steroid dienone is 24. The molecule has 0 spiro atoms. The van der Waals surface area contributed by atoms with Gasteiger partial charge in [-0.1, -0.05) is 160 Å². The van der Waals surface area contributed by atoms with Gasteiger partial charge in [0.25, 0.3) is 6.29 Å². The maximum atomic E-state index is 12.8. The number of quaternary nitrogens is 1. The molecule has 0 aromatic carbocycles. The summed E-state index contributed by atoms with van der Waals surface area (Å²) in [5, 5.41) is 9.67. The third-order valence-corrected chi connectivity index (χ3v) is 9.59. The minimum absolute atomic E-state index is 0.162. The molecule has 2 unspecified atom stereocenters. The molecule has 9 heteroatoms. The van der Waals surface area contributed by atoms with E-state index in [-0.39, 0.29) is 32.7 Å². The molecule has 374 valence electrons. The molecule has 2 atom stereocenters. The maximum absolute atomic E-state index is 12.8. The molecular formula is C58H90NO8+. The monoisotopic (exact) mass is 929 g/mol. The Balaban J connectivity index is 4.58. The van der Waals surface area contributed by atoms with Crippen LogP contribution in [0.2, 0.25) is 0 Å². The smallest absolute Gasteiger partial charge is 0.361 e. The van der Waals surface area contributed by atoms with Crippen molar-refractivity contribution in [1.29, 1.82) is 0 Å². The van der Waals surface area contributed by atoms with Gasteiger partial charge in [0.15, 0.2) is 6.10 Å². The summed E-state index contributed by atoms with van der Waals surface area (Å²) >= 11 is 0. The van der Waals surface area contributed by atoms with E-state index in [1.807, 2.05) is 21.1 Å². The molecule has 0 aliphatic heterocycles. The van der Waals surface area contributed by atoms with E-state index in [9.17, 15) is 19.5 Å². The number of carbonyl (C=O) groups is 3. The summed E-state index contributed by atoms with van der Waals surface area (Å²) in [5.41, 5.74) is 0. The number of hydrogen-bond acceptors (Lipinski definition) is 7. The molecule has 0 amide bonds. The van der Waals surface area contributed by atoms with Gasteiger partial charge in [0.05, 0.1) is 34.4 Å². The summed E-state index contributed by atoms with van der Waals surface area (Å²) in [6.45, 7) is 4.50. The molecule has 0 radical (unpaired) electrons. The molecule has 0 heterocycles. The van der Waals surface area contributed by atoms with Crippen LogP contribution in [0.4, 0.5) is 0 Å². The maximum Gasteiger partial charge on any atom is 0.361 e. The fourth-order valence-corrected chi connectivity index (χ4v) is 5.78. The second-order valence-electron chi connectivity index (χ2n) is 17.0. The third kappa shape index (κ3) is 48.9. The zero-order chi connectivity index (χ0) is 49.2. The van der Waals surface area contributed by atoms with Gasteiger partial charge in [0.1, 0.15) is 13.2 Å². The van der Waals surface area contributed by atoms with E-state index in [1.165, 1.54) is 0 Å². The molecule has 0 bridgehead atoms. The Morgan fingerprint density at radius 1 is 0.448 bits per heavy atom. The van der Waals surface area contributed by atoms with Crippen molar-refractivity contribution in [1.82, 2.24) is 0 Å². The van der Waals surface area contributed by atoms with Gasteiger partial charge in [-0.25, -0.2) is 4.79 Å². The number of nitrogens with zero attached hydrogens (tertiary/aromatic N) is 1. The third-order valence-electron chi connectivity index (χ3n) is 9.59. The van der Waals surface area contributed by atoms with Crippen LogP contribution in [0.15, 0.2) is 146 Å². The Kier molecular flexibility index (Phi) is 44.2. The first-order valence-electron chi connectivity index (χ1n) is 25.0. The lowest BCUT2D eigenvalue weighted by molar-refractivity contribution is -0.870. The zero-order valence-electron chi connectivity index (χ0n) is 42.2. The molecular weight excluding hydrogens is 839 g/mol. The highest BCUT2D eigenvalue weighted by molar-refractivity contribution is 5.71. The highest BCUT2D eigenvalue weighted by Gasteiger charge is 2.25. The van der Waals surface area contributed by atoms with E-state index in [0.717, 1.165) is 103 Å². The average Bonchev–Trinajstić information content (AvgIpc) is 3.29. The topological polar surface area (TPSA) is 108 Å². The lowest BCUT2D eigenvalue weighted by Crippen LogP contribution is -2.40. The van der Waals surface area contributed by atoms with Crippen molar-refractivity contribution in [3.63, 3.8) is 0 Å². The molecule has 0 aromatic heterocycles. The number of rotatable bonds is 43. The number of esters is 2. The summed E-state index contributed by atoms with van der Waals surface area (Å²) in [6, 6.07) is 0. The Labute approximate surface area is 407 Å². The number of likely N-dealkylation sites (N-methyl/N-ethyl adjacent to an activating group) is 1. The van der Waals surface area contributed by atoms with Gasteiger partial charge in [-0.2, -0.15) is 0 Å². The van der Waals surface area contributed by atoms with Crippen LogP contribution in [0.5, 0.6) is 0 Å².